The van der Waals surface area contributed by atoms with Crippen molar-refractivity contribution in [2.24, 2.45) is 21.8 Å². The number of para-hydroxylation sites is 2. The Labute approximate surface area is 156 Å². The summed E-state index contributed by atoms with van der Waals surface area (Å²) in [6, 6.07) is 14.3. The predicted molar refractivity (Wildman–Crippen MR) is 109 cm³/mol. The van der Waals surface area contributed by atoms with E-state index >= 15 is 0 Å². The van der Waals surface area contributed by atoms with Gasteiger partial charge in [-0.3, -0.25) is 9.98 Å². The van der Waals surface area contributed by atoms with Crippen LogP contribution in [-0.4, -0.2) is 34.7 Å². The maximum atomic E-state index is 9.94. The molecular weight excluding hydrogens is 324 g/mol. The van der Waals surface area contributed by atoms with Gasteiger partial charge in [0.15, 0.2) is 0 Å². The number of nitrogens with zero attached hydrogens (tertiary/aromatic N) is 2. The standard InChI is InChI=1S/C22H28N2O2/c1-15(2)21(23-13-17-9-5-7-11-19(17)25)22(16(3)4)24-14-18-10-6-8-12-20(18)26/h5-16,21-22,25-26H,1-4H3/t21-,22-/m0/s1. The number of aromatic hydroxyl groups is 2. The van der Waals surface area contributed by atoms with Crippen molar-refractivity contribution in [2.75, 3.05) is 0 Å². The molecule has 0 spiro atoms. The van der Waals surface area contributed by atoms with Crippen LogP contribution < -0.4 is 0 Å². The van der Waals surface area contributed by atoms with E-state index in [0.717, 1.165) is 0 Å². The topological polar surface area (TPSA) is 65.2 Å². The van der Waals surface area contributed by atoms with Gasteiger partial charge in [-0.05, 0) is 36.1 Å². The molecule has 0 radical (unpaired) electrons. The van der Waals surface area contributed by atoms with Crippen LogP contribution in [0, 0.1) is 11.8 Å². The first kappa shape index (κ1) is 19.7. The quantitative estimate of drug-likeness (QED) is 0.710. The number of hydrogen-bond acceptors (Lipinski definition) is 4. The molecule has 0 bridgehead atoms. The highest BCUT2D eigenvalue weighted by Gasteiger charge is 2.25. The van der Waals surface area contributed by atoms with Crippen LogP contribution in [0.4, 0.5) is 0 Å². The molecule has 4 nitrogen and oxygen atoms in total. The first-order chi connectivity index (χ1) is 12.4. The lowest BCUT2D eigenvalue weighted by molar-refractivity contribution is 0.353. The molecule has 138 valence electrons. The Hall–Kier alpha value is -2.62. The molecule has 26 heavy (non-hydrogen) atoms. The zero-order valence-corrected chi connectivity index (χ0v) is 15.9. The van der Waals surface area contributed by atoms with Crippen LogP contribution in [0.25, 0.3) is 0 Å². The Morgan fingerprint density at radius 3 is 1.31 bits per heavy atom. The van der Waals surface area contributed by atoms with Gasteiger partial charge >= 0.3 is 0 Å². The summed E-state index contributed by atoms with van der Waals surface area (Å²) in [5.41, 5.74) is 1.40. The van der Waals surface area contributed by atoms with Gasteiger partial charge in [0.2, 0.25) is 0 Å². The summed E-state index contributed by atoms with van der Waals surface area (Å²) in [5.74, 6) is 1.01. The van der Waals surface area contributed by atoms with Gasteiger partial charge < -0.3 is 10.2 Å². The van der Waals surface area contributed by atoms with E-state index in [9.17, 15) is 10.2 Å². The molecule has 0 aliphatic rings. The third kappa shape index (κ3) is 5.19. The summed E-state index contributed by atoms with van der Waals surface area (Å²) in [6.07, 6.45) is 3.45. The van der Waals surface area contributed by atoms with Crippen LogP contribution in [0.2, 0.25) is 0 Å². The summed E-state index contributed by atoms with van der Waals surface area (Å²) in [7, 11) is 0. The van der Waals surface area contributed by atoms with Gasteiger partial charge in [-0.25, -0.2) is 0 Å². The molecule has 2 rings (SSSR count). The third-order valence-electron chi connectivity index (χ3n) is 4.36. The van der Waals surface area contributed by atoms with E-state index in [4.69, 9.17) is 9.98 Å². The van der Waals surface area contributed by atoms with Crippen molar-refractivity contribution >= 4 is 12.4 Å². The smallest absolute Gasteiger partial charge is 0.124 e. The van der Waals surface area contributed by atoms with Gasteiger partial charge in [-0.15, -0.1) is 0 Å². The van der Waals surface area contributed by atoms with E-state index in [2.05, 4.69) is 27.7 Å². The first-order valence-corrected chi connectivity index (χ1v) is 9.02. The monoisotopic (exact) mass is 352 g/mol. The molecule has 2 aromatic carbocycles. The second-order valence-electron chi connectivity index (χ2n) is 7.14. The van der Waals surface area contributed by atoms with Gasteiger partial charge in [-0.2, -0.15) is 0 Å². The average Bonchev–Trinajstić information content (AvgIpc) is 2.59. The number of hydrogen-bond donors (Lipinski definition) is 2. The molecule has 2 aromatic rings. The molecule has 4 heteroatoms. The molecule has 0 heterocycles. The molecule has 0 aliphatic heterocycles. The molecule has 0 saturated heterocycles. The number of aliphatic imine (C=N–C) groups is 2. The minimum absolute atomic E-state index is 0.0308. The van der Waals surface area contributed by atoms with E-state index in [-0.39, 0.29) is 35.4 Å². The molecule has 0 amide bonds. The maximum Gasteiger partial charge on any atom is 0.124 e. The fraction of sp³-hybridized carbons (Fsp3) is 0.364. The third-order valence-corrected chi connectivity index (χ3v) is 4.36. The zero-order chi connectivity index (χ0) is 19.1. The van der Waals surface area contributed by atoms with Crippen LogP contribution in [0.5, 0.6) is 11.5 Å². The van der Waals surface area contributed by atoms with Gasteiger partial charge in [0, 0.05) is 23.6 Å². The summed E-state index contributed by atoms with van der Waals surface area (Å²) < 4.78 is 0. The number of phenolic OH excluding ortho intramolecular Hbond substituents is 2. The SMILES string of the molecule is CC(C)[C@H](N=Cc1ccccc1O)[C@@H](N=Cc1ccccc1O)C(C)C. The fourth-order valence-electron chi connectivity index (χ4n) is 2.84. The van der Waals surface area contributed by atoms with E-state index in [0.29, 0.717) is 11.1 Å². The van der Waals surface area contributed by atoms with Gasteiger partial charge in [-0.1, -0.05) is 52.0 Å². The molecule has 0 fully saturated rings. The maximum absolute atomic E-state index is 9.94. The van der Waals surface area contributed by atoms with Crippen molar-refractivity contribution < 1.29 is 10.2 Å². The van der Waals surface area contributed by atoms with Crippen molar-refractivity contribution in [3.63, 3.8) is 0 Å². The first-order valence-electron chi connectivity index (χ1n) is 9.02. The molecule has 0 unspecified atom stereocenters. The Morgan fingerprint density at radius 2 is 1.00 bits per heavy atom. The summed E-state index contributed by atoms with van der Waals surface area (Å²) >= 11 is 0. The summed E-state index contributed by atoms with van der Waals surface area (Å²) in [4.78, 5) is 9.50. The Balaban J connectivity index is 2.29. The second kappa shape index (κ2) is 9.18. The number of rotatable bonds is 7. The van der Waals surface area contributed by atoms with E-state index in [1.54, 1.807) is 36.7 Å². The van der Waals surface area contributed by atoms with E-state index in [1.165, 1.54) is 0 Å². The van der Waals surface area contributed by atoms with Gasteiger partial charge in [0.25, 0.3) is 0 Å². The number of phenols is 2. The Morgan fingerprint density at radius 1 is 0.654 bits per heavy atom. The lowest BCUT2D eigenvalue weighted by atomic mass is 9.89. The minimum atomic E-state index is -0.0308. The van der Waals surface area contributed by atoms with Crippen LogP contribution in [0.3, 0.4) is 0 Å². The van der Waals surface area contributed by atoms with Crippen molar-refractivity contribution in [1.82, 2.24) is 0 Å². The Kier molecular flexibility index (Phi) is 6.96. The lowest BCUT2D eigenvalue weighted by Crippen LogP contribution is -2.32. The lowest BCUT2D eigenvalue weighted by Gasteiger charge is -2.27. The second-order valence-corrected chi connectivity index (χ2v) is 7.14. The normalized spacial score (nSPS) is 14.5. The average molecular weight is 352 g/mol. The highest BCUT2D eigenvalue weighted by molar-refractivity contribution is 5.84. The summed E-state index contributed by atoms with van der Waals surface area (Å²) in [5, 5.41) is 19.9. The van der Waals surface area contributed by atoms with E-state index < -0.39 is 0 Å². The molecule has 0 aromatic heterocycles. The summed E-state index contributed by atoms with van der Waals surface area (Å²) in [6.45, 7) is 8.49. The largest absolute Gasteiger partial charge is 0.507 e. The van der Waals surface area contributed by atoms with Crippen LogP contribution in [0.1, 0.15) is 38.8 Å². The fourth-order valence-corrected chi connectivity index (χ4v) is 2.84. The molecule has 2 atom stereocenters. The van der Waals surface area contributed by atoms with Crippen LogP contribution >= 0.6 is 0 Å². The van der Waals surface area contributed by atoms with Crippen molar-refractivity contribution in [3.8, 4) is 11.5 Å². The van der Waals surface area contributed by atoms with Gasteiger partial charge in [0.1, 0.15) is 11.5 Å². The predicted octanol–water partition coefficient (Wildman–Crippen LogP) is 4.69. The Bertz CT molecular complexity index is 701. The highest BCUT2D eigenvalue weighted by Crippen LogP contribution is 2.23. The van der Waals surface area contributed by atoms with Crippen LogP contribution in [-0.2, 0) is 0 Å². The molecule has 0 saturated carbocycles. The molecule has 0 aliphatic carbocycles. The van der Waals surface area contributed by atoms with Crippen LogP contribution in [0.15, 0.2) is 58.5 Å². The zero-order valence-electron chi connectivity index (χ0n) is 15.9. The highest BCUT2D eigenvalue weighted by atomic mass is 16.3. The van der Waals surface area contributed by atoms with Crippen molar-refractivity contribution in [2.45, 2.75) is 39.8 Å². The number of benzene rings is 2. The molecule has 2 N–H and O–H groups in total. The van der Waals surface area contributed by atoms with E-state index in [1.807, 2.05) is 24.3 Å². The van der Waals surface area contributed by atoms with Gasteiger partial charge in [0.05, 0.1) is 12.1 Å². The molecular formula is C22H28N2O2. The minimum Gasteiger partial charge on any atom is -0.507 e. The van der Waals surface area contributed by atoms with Crippen molar-refractivity contribution in [1.29, 1.82) is 0 Å². The van der Waals surface area contributed by atoms with Crippen molar-refractivity contribution in [3.05, 3.63) is 59.7 Å².